The first-order chi connectivity index (χ1) is 9.49. The van der Waals surface area contributed by atoms with Crippen LogP contribution in [0.25, 0.3) is 0 Å². The predicted octanol–water partition coefficient (Wildman–Crippen LogP) is 1.79. The topological polar surface area (TPSA) is 99.9 Å². The minimum Gasteiger partial charge on any atom is -0.478 e. The molecular weight excluding hydrogens is 260 g/mol. The quantitative estimate of drug-likeness (QED) is 0.484. The smallest absolute Gasteiger partial charge is 0.335 e. The molecule has 0 bridgehead atoms. The molecule has 1 rings (SSSR count). The van der Waals surface area contributed by atoms with Crippen molar-refractivity contribution in [2.75, 3.05) is 7.05 Å². The molecule has 1 heterocycles. The van der Waals surface area contributed by atoms with Crippen LogP contribution < -0.4 is 0 Å². The minimum atomic E-state index is -1.10. The highest BCUT2D eigenvalue weighted by Gasteiger charge is 2.10. The average Bonchev–Trinajstić information content (AvgIpc) is 2.43. The summed E-state index contributed by atoms with van der Waals surface area (Å²) in [6.45, 7) is 1.70. The third-order valence-electron chi connectivity index (χ3n) is 2.40. The normalized spacial score (nSPS) is 12.7. The highest BCUT2D eigenvalue weighted by atomic mass is 16.4. The molecule has 6 nitrogen and oxygen atoms in total. The van der Waals surface area contributed by atoms with Crippen molar-refractivity contribution >= 4 is 17.7 Å². The Labute approximate surface area is 115 Å². The van der Waals surface area contributed by atoms with Crippen LogP contribution in [-0.4, -0.2) is 39.9 Å². The predicted molar refractivity (Wildman–Crippen MR) is 74.2 cm³/mol. The minimum absolute atomic E-state index is 0.0376. The zero-order valence-electron chi connectivity index (χ0n) is 11.1. The Morgan fingerprint density at radius 3 is 2.55 bits per heavy atom. The first kappa shape index (κ1) is 15.3. The van der Waals surface area contributed by atoms with Crippen molar-refractivity contribution in [2.24, 2.45) is 4.99 Å². The van der Waals surface area contributed by atoms with Crippen molar-refractivity contribution in [3.8, 4) is 0 Å². The SMILES string of the molecule is C/C=C\C(=C/C(=NC)c1cc(C(=O)O)ccn1)C(=O)O. The number of hydrogen-bond acceptors (Lipinski definition) is 4. The summed E-state index contributed by atoms with van der Waals surface area (Å²) in [6.07, 6.45) is 5.70. The van der Waals surface area contributed by atoms with Crippen molar-refractivity contribution < 1.29 is 19.8 Å². The van der Waals surface area contributed by atoms with Gasteiger partial charge >= 0.3 is 11.9 Å². The third-order valence-corrected chi connectivity index (χ3v) is 2.40. The van der Waals surface area contributed by atoms with Gasteiger partial charge in [0.05, 0.1) is 22.5 Å². The number of aliphatic carboxylic acids is 1. The van der Waals surface area contributed by atoms with Crippen LogP contribution in [0.4, 0.5) is 0 Å². The number of carbonyl (C=O) groups is 2. The van der Waals surface area contributed by atoms with E-state index in [1.807, 2.05) is 0 Å². The van der Waals surface area contributed by atoms with E-state index in [0.717, 1.165) is 0 Å². The van der Waals surface area contributed by atoms with E-state index < -0.39 is 11.9 Å². The van der Waals surface area contributed by atoms with E-state index in [-0.39, 0.29) is 11.1 Å². The molecule has 0 spiro atoms. The second-order valence-electron chi connectivity index (χ2n) is 3.75. The Morgan fingerprint density at radius 1 is 1.35 bits per heavy atom. The van der Waals surface area contributed by atoms with Gasteiger partial charge in [-0.1, -0.05) is 12.2 Å². The molecule has 20 heavy (non-hydrogen) atoms. The van der Waals surface area contributed by atoms with E-state index in [9.17, 15) is 9.59 Å². The van der Waals surface area contributed by atoms with Crippen LogP contribution in [0.1, 0.15) is 23.0 Å². The third kappa shape index (κ3) is 3.88. The number of nitrogens with zero attached hydrogens (tertiary/aromatic N) is 2. The maximum absolute atomic E-state index is 11.1. The van der Waals surface area contributed by atoms with Crippen molar-refractivity contribution in [3.63, 3.8) is 0 Å². The average molecular weight is 274 g/mol. The summed E-state index contributed by atoms with van der Waals surface area (Å²) in [5, 5.41) is 18.0. The van der Waals surface area contributed by atoms with Crippen molar-refractivity contribution in [2.45, 2.75) is 6.92 Å². The lowest BCUT2D eigenvalue weighted by Crippen LogP contribution is -2.07. The highest BCUT2D eigenvalue weighted by Crippen LogP contribution is 2.07. The molecule has 0 amide bonds. The zero-order chi connectivity index (χ0) is 15.1. The van der Waals surface area contributed by atoms with Gasteiger partial charge in [0, 0.05) is 13.2 Å². The molecule has 0 fully saturated rings. The molecule has 6 heteroatoms. The molecular formula is C14H14N2O4. The molecule has 2 N–H and O–H groups in total. The van der Waals surface area contributed by atoms with Crippen LogP contribution in [0.5, 0.6) is 0 Å². The van der Waals surface area contributed by atoms with E-state index in [2.05, 4.69) is 9.98 Å². The van der Waals surface area contributed by atoms with Crippen LogP contribution in [0.2, 0.25) is 0 Å². The summed E-state index contributed by atoms with van der Waals surface area (Å²) in [7, 11) is 1.48. The maximum atomic E-state index is 11.1. The number of aromatic carboxylic acids is 1. The summed E-state index contributed by atoms with van der Waals surface area (Å²) in [6, 6.07) is 2.70. The van der Waals surface area contributed by atoms with Gasteiger partial charge < -0.3 is 10.2 Å². The number of aliphatic imine (C=N–C) groups is 1. The summed E-state index contributed by atoms with van der Waals surface area (Å²) in [5.41, 5.74) is 0.697. The van der Waals surface area contributed by atoms with Gasteiger partial charge in [-0.25, -0.2) is 9.59 Å². The van der Waals surface area contributed by atoms with Crippen LogP contribution in [0, 0.1) is 0 Å². The first-order valence-corrected chi connectivity index (χ1v) is 5.73. The fraction of sp³-hybridized carbons (Fsp3) is 0.143. The number of rotatable bonds is 5. The standard InChI is InChI=1S/C14H14N2O4/c1-3-4-9(13(17)18)7-11(15-2)12-8-10(14(19)20)5-6-16-12/h3-8H,1-2H3,(H,17,18)(H,19,20)/b4-3-,9-7+,15-11?. The monoisotopic (exact) mass is 274 g/mol. The van der Waals surface area contributed by atoms with Gasteiger partial charge in [-0.3, -0.25) is 9.98 Å². The van der Waals surface area contributed by atoms with E-state index in [0.29, 0.717) is 11.4 Å². The number of aromatic nitrogens is 1. The number of carboxylic acids is 2. The van der Waals surface area contributed by atoms with Gasteiger partial charge in [0.1, 0.15) is 0 Å². The molecule has 0 unspecified atom stereocenters. The fourth-order valence-corrected chi connectivity index (χ4v) is 1.46. The molecule has 1 aromatic rings. The molecule has 104 valence electrons. The second kappa shape index (κ2) is 6.98. The van der Waals surface area contributed by atoms with Crippen LogP contribution in [0.3, 0.4) is 0 Å². The van der Waals surface area contributed by atoms with E-state index in [1.165, 1.54) is 37.5 Å². The van der Waals surface area contributed by atoms with Gasteiger partial charge in [0.2, 0.25) is 0 Å². The Bertz CT molecular complexity index is 615. The summed E-state index contributed by atoms with van der Waals surface area (Å²) >= 11 is 0. The molecule has 0 aliphatic heterocycles. The Kier molecular flexibility index (Phi) is 5.34. The number of allylic oxidation sites excluding steroid dienone is 2. The van der Waals surface area contributed by atoms with Gasteiger partial charge in [0.15, 0.2) is 0 Å². The fourth-order valence-electron chi connectivity index (χ4n) is 1.46. The molecule has 0 aromatic carbocycles. The van der Waals surface area contributed by atoms with Gasteiger partial charge in [-0.15, -0.1) is 0 Å². The number of carboxylic acid groups (broad SMARTS) is 2. The molecule has 0 saturated carbocycles. The Morgan fingerprint density at radius 2 is 2.05 bits per heavy atom. The van der Waals surface area contributed by atoms with Crippen LogP contribution >= 0.6 is 0 Å². The zero-order valence-corrected chi connectivity index (χ0v) is 11.1. The molecule has 1 aromatic heterocycles. The highest BCUT2D eigenvalue weighted by molar-refractivity contribution is 6.12. The van der Waals surface area contributed by atoms with Gasteiger partial charge in [0.25, 0.3) is 0 Å². The molecule has 0 saturated heterocycles. The molecule has 0 radical (unpaired) electrons. The summed E-state index contributed by atoms with van der Waals surface area (Å²) in [5.74, 6) is -2.18. The largest absolute Gasteiger partial charge is 0.478 e. The van der Waals surface area contributed by atoms with Crippen molar-refractivity contribution in [3.05, 3.63) is 53.4 Å². The molecule has 0 atom stereocenters. The lowest BCUT2D eigenvalue weighted by atomic mass is 10.1. The maximum Gasteiger partial charge on any atom is 0.335 e. The molecule has 0 aliphatic carbocycles. The van der Waals surface area contributed by atoms with Gasteiger partial charge in [-0.2, -0.15) is 0 Å². The van der Waals surface area contributed by atoms with E-state index in [4.69, 9.17) is 10.2 Å². The second-order valence-corrected chi connectivity index (χ2v) is 3.75. The Balaban J connectivity index is 3.27. The number of hydrogen-bond donors (Lipinski definition) is 2. The Hall–Kier alpha value is -2.76. The molecule has 0 aliphatic rings. The summed E-state index contributed by atoms with van der Waals surface area (Å²) < 4.78 is 0. The van der Waals surface area contributed by atoms with Crippen molar-refractivity contribution in [1.29, 1.82) is 0 Å². The number of pyridine rings is 1. The van der Waals surface area contributed by atoms with Crippen LogP contribution in [-0.2, 0) is 4.79 Å². The van der Waals surface area contributed by atoms with E-state index in [1.54, 1.807) is 13.0 Å². The van der Waals surface area contributed by atoms with Crippen LogP contribution in [0.15, 0.2) is 47.1 Å². The van der Waals surface area contributed by atoms with Crippen molar-refractivity contribution in [1.82, 2.24) is 4.98 Å². The first-order valence-electron chi connectivity index (χ1n) is 5.73. The lowest BCUT2D eigenvalue weighted by Gasteiger charge is -2.03. The van der Waals surface area contributed by atoms with Gasteiger partial charge in [-0.05, 0) is 25.1 Å². The lowest BCUT2D eigenvalue weighted by molar-refractivity contribution is -0.132. The summed E-state index contributed by atoms with van der Waals surface area (Å²) in [4.78, 5) is 29.9. The van der Waals surface area contributed by atoms with E-state index >= 15 is 0 Å².